The summed E-state index contributed by atoms with van der Waals surface area (Å²) in [6.45, 7) is 0. The molecule has 1 spiro atoms. The highest BCUT2D eigenvalue weighted by atomic mass is 19.3. The summed E-state index contributed by atoms with van der Waals surface area (Å²) in [6.07, 6.45) is 2.98. The van der Waals surface area contributed by atoms with Crippen molar-refractivity contribution in [1.29, 1.82) is 0 Å². The fourth-order valence-corrected chi connectivity index (χ4v) is 5.97. The number of amides is 1. The van der Waals surface area contributed by atoms with Gasteiger partial charge in [0.1, 0.15) is 6.17 Å². The number of aromatic hydroxyl groups is 1. The van der Waals surface area contributed by atoms with Crippen LogP contribution >= 0.6 is 0 Å². The molecule has 0 bridgehead atoms. The number of fused-ring (bicyclic) bond motifs is 3. The van der Waals surface area contributed by atoms with E-state index in [4.69, 9.17) is 0 Å². The highest BCUT2D eigenvalue weighted by Gasteiger charge is 2.57. The maximum Gasteiger partial charge on any atom is 0.277 e. The Labute approximate surface area is 178 Å². The van der Waals surface area contributed by atoms with Crippen molar-refractivity contribution < 1.29 is 18.7 Å². The summed E-state index contributed by atoms with van der Waals surface area (Å²) in [5, 5.41) is 12.4. The number of hydrogen-bond donors (Lipinski definition) is 1. The maximum atomic E-state index is 14.7. The molecule has 2 fully saturated rings. The molecular weight excluding hydrogens is 404 g/mol. The van der Waals surface area contributed by atoms with Crippen molar-refractivity contribution in [2.45, 2.75) is 56.7 Å². The van der Waals surface area contributed by atoms with E-state index in [0.717, 1.165) is 5.56 Å². The largest absolute Gasteiger partial charge is 0.502 e. The summed E-state index contributed by atoms with van der Waals surface area (Å²) >= 11 is 0. The van der Waals surface area contributed by atoms with Crippen LogP contribution in [0.15, 0.2) is 47.4 Å². The van der Waals surface area contributed by atoms with Crippen molar-refractivity contribution in [3.05, 3.63) is 64.1 Å². The Balaban J connectivity index is 1.75. The maximum absolute atomic E-state index is 14.7. The Kier molecular flexibility index (Phi) is 4.39. The molecule has 1 aliphatic carbocycles. The molecule has 3 atom stereocenters. The number of aromatic nitrogens is 1. The first kappa shape index (κ1) is 20.0. The molecule has 5 rings (SSSR count). The minimum Gasteiger partial charge on any atom is -0.502 e. The average molecular weight is 429 g/mol. The molecule has 6 nitrogen and oxygen atoms in total. The van der Waals surface area contributed by atoms with Gasteiger partial charge < -0.3 is 10.0 Å². The predicted molar refractivity (Wildman–Crippen MR) is 111 cm³/mol. The van der Waals surface area contributed by atoms with Gasteiger partial charge in [-0.15, -0.1) is 0 Å². The molecule has 1 amide bonds. The van der Waals surface area contributed by atoms with Gasteiger partial charge in [-0.2, -0.15) is 0 Å². The second kappa shape index (κ2) is 6.80. The molecule has 3 heterocycles. The molecule has 3 unspecified atom stereocenters. The van der Waals surface area contributed by atoms with Crippen LogP contribution in [0.3, 0.4) is 0 Å². The zero-order valence-electron chi connectivity index (χ0n) is 17.3. The van der Waals surface area contributed by atoms with E-state index in [1.807, 2.05) is 35.3 Å². The van der Waals surface area contributed by atoms with Gasteiger partial charge >= 0.3 is 0 Å². The summed E-state index contributed by atoms with van der Waals surface area (Å²) in [7, 11) is 1.63. The van der Waals surface area contributed by atoms with Gasteiger partial charge in [0, 0.05) is 37.6 Å². The standard InChI is InChI=1S/C23H25F2N3O3/c1-26-17-8-12-22(10-5-11-23(24,25)14-22)20(15-6-3-2-4-7-15)28(17)27-13-9-16(29)19(30)18(27)21(26)31/h2-4,6-7,9,13,17,20,30H,5,8,10-12,14H2,1H3. The van der Waals surface area contributed by atoms with E-state index in [-0.39, 0.29) is 24.7 Å². The normalized spacial score (nSPS) is 29.6. The number of halogens is 2. The van der Waals surface area contributed by atoms with E-state index in [2.05, 4.69) is 0 Å². The van der Waals surface area contributed by atoms with Crippen LogP contribution in [0.5, 0.6) is 5.75 Å². The number of pyridine rings is 1. The highest BCUT2D eigenvalue weighted by Crippen LogP contribution is 2.59. The molecule has 1 saturated carbocycles. The zero-order chi connectivity index (χ0) is 22.0. The molecule has 2 aromatic rings. The fraction of sp³-hybridized carbons (Fsp3) is 0.478. The van der Waals surface area contributed by atoms with Gasteiger partial charge in [-0.1, -0.05) is 30.3 Å². The van der Waals surface area contributed by atoms with Gasteiger partial charge in [0.2, 0.25) is 11.4 Å². The Bertz CT molecular complexity index is 1090. The van der Waals surface area contributed by atoms with Crippen LogP contribution in [0, 0.1) is 5.41 Å². The van der Waals surface area contributed by atoms with E-state index in [1.54, 1.807) is 7.05 Å². The summed E-state index contributed by atoms with van der Waals surface area (Å²) < 4.78 is 31.0. The monoisotopic (exact) mass is 429 g/mol. The van der Waals surface area contributed by atoms with Crippen LogP contribution in [-0.4, -0.2) is 39.7 Å². The summed E-state index contributed by atoms with van der Waals surface area (Å²) in [5.74, 6) is -3.81. The second-order valence-electron chi connectivity index (χ2n) is 9.10. The Morgan fingerprint density at radius 1 is 1.06 bits per heavy atom. The van der Waals surface area contributed by atoms with Crippen molar-refractivity contribution in [2.75, 3.05) is 12.1 Å². The first-order valence-corrected chi connectivity index (χ1v) is 10.7. The van der Waals surface area contributed by atoms with Gasteiger partial charge in [-0.05, 0) is 31.2 Å². The Hall–Kier alpha value is -2.90. The van der Waals surface area contributed by atoms with Crippen molar-refractivity contribution in [3.8, 4) is 5.75 Å². The Morgan fingerprint density at radius 2 is 1.81 bits per heavy atom. The van der Waals surface area contributed by atoms with Crippen LogP contribution in [0.4, 0.5) is 8.78 Å². The molecule has 1 N–H and O–H groups in total. The van der Waals surface area contributed by atoms with Crippen LogP contribution < -0.4 is 10.4 Å². The van der Waals surface area contributed by atoms with Crippen molar-refractivity contribution in [3.63, 3.8) is 0 Å². The quantitative estimate of drug-likeness (QED) is 0.752. The predicted octanol–water partition coefficient (Wildman–Crippen LogP) is 3.63. The number of benzene rings is 1. The zero-order valence-corrected chi connectivity index (χ0v) is 17.3. The molecule has 0 radical (unpaired) electrons. The molecule has 3 aliphatic rings. The third kappa shape index (κ3) is 2.95. The van der Waals surface area contributed by atoms with Gasteiger partial charge in [-0.25, -0.2) is 8.78 Å². The number of carbonyl (C=O) groups excluding carboxylic acids is 1. The molecule has 1 saturated heterocycles. The smallest absolute Gasteiger partial charge is 0.277 e. The topological polar surface area (TPSA) is 65.8 Å². The van der Waals surface area contributed by atoms with Crippen molar-refractivity contribution in [2.24, 2.45) is 5.41 Å². The lowest BCUT2D eigenvalue weighted by atomic mass is 9.61. The number of piperidine rings is 1. The van der Waals surface area contributed by atoms with Crippen LogP contribution in [0.2, 0.25) is 0 Å². The van der Waals surface area contributed by atoms with Crippen molar-refractivity contribution >= 4 is 5.91 Å². The van der Waals surface area contributed by atoms with E-state index in [9.17, 15) is 23.5 Å². The summed E-state index contributed by atoms with van der Waals surface area (Å²) in [4.78, 5) is 26.6. The number of rotatable bonds is 1. The molecule has 1 aromatic heterocycles. The van der Waals surface area contributed by atoms with Crippen LogP contribution in [0.25, 0.3) is 0 Å². The minimum absolute atomic E-state index is 0.109. The minimum atomic E-state index is -2.75. The van der Waals surface area contributed by atoms with Gasteiger partial charge in [0.25, 0.3) is 5.91 Å². The first-order valence-electron chi connectivity index (χ1n) is 10.7. The number of hydrogen-bond acceptors (Lipinski definition) is 4. The van der Waals surface area contributed by atoms with E-state index in [1.165, 1.54) is 21.8 Å². The Morgan fingerprint density at radius 3 is 2.52 bits per heavy atom. The molecule has 2 aliphatic heterocycles. The summed E-state index contributed by atoms with van der Waals surface area (Å²) in [6, 6.07) is 10.3. The number of alkyl halides is 2. The lowest BCUT2D eigenvalue weighted by Crippen LogP contribution is -2.66. The second-order valence-corrected chi connectivity index (χ2v) is 9.10. The highest BCUT2D eigenvalue weighted by molar-refractivity contribution is 5.96. The molecular formula is C23H25F2N3O3. The SMILES string of the molecule is CN1C(=O)c2c(O)c(=O)ccn2N2C1CCC1(CCCC(F)(F)C1)C2c1ccccc1. The third-order valence-electron chi connectivity index (χ3n) is 7.27. The van der Waals surface area contributed by atoms with E-state index >= 15 is 0 Å². The van der Waals surface area contributed by atoms with Gasteiger partial charge in [-0.3, -0.25) is 19.3 Å². The lowest BCUT2D eigenvalue weighted by Gasteiger charge is -2.60. The van der Waals surface area contributed by atoms with Gasteiger partial charge in [0.15, 0.2) is 11.4 Å². The van der Waals surface area contributed by atoms with Crippen LogP contribution in [-0.2, 0) is 0 Å². The lowest BCUT2D eigenvalue weighted by molar-refractivity contribution is -0.109. The van der Waals surface area contributed by atoms with E-state index in [0.29, 0.717) is 25.7 Å². The van der Waals surface area contributed by atoms with Crippen molar-refractivity contribution in [1.82, 2.24) is 9.58 Å². The third-order valence-corrected chi connectivity index (χ3v) is 7.27. The fourth-order valence-electron chi connectivity index (χ4n) is 5.97. The molecule has 8 heteroatoms. The molecule has 164 valence electrons. The van der Waals surface area contributed by atoms with Gasteiger partial charge in [0.05, 0.1) is 6.04 Å². The number of nitrogens with zero attached hydrogens (tertiary/aromatic N) is 3. The first-order chi connectivity index (χ1) is 14.7. The molecule has 31 heavy (non-hydrogen) atoms. The van der Waals surface area contributed by atoms with Crippen LogP contribution in [0.1, 0.15) is 60.6 Å². The average Bonchev–Trinajstić information content (AvgIpc) is 2.73. The van der Waals surface area contributed by atoms with E-state index < -0.39 is 34.5 Å². The summed E-state index contributed by atoms with van der Waals surface area (Å²) in [5.41, 5.74) is -0.557. The molecule has 1 aromatic carbocycles. The number of carbonyl (C=O) groups is 1.